The summed E-state index contributed by atoms with van der Waals surface area (Å²) in [5.74, 6) is 1.10. The van der Waals surface area contributed by atoms with Gasteiger partial charge in [0.05, 0.1) is 5.75 Å². The summed E-state index contributed by atoms with van der Waals surface area (Å²) in [6, 6.07) is 16.0. The van der Waals surface area contributed by atoms with E-state index in [-0.39, 0.29) is 5.91 Å². The van der Waals surface area contributed by atoms with E-state index in [2.05, 4.69) is 34.6 Å². The normalized spacial score (nSPS) is 14.3. The van der Waals surface area contributed by atoms with Gasteiger partial charge in [-0.25, -0.2) is 0 Å². The summed E-state index contributed by atoms with van der Waals surface area (Å²) < 4.78 is 2.00. The summed E-state index contributed by atoms with van der Waals surface area (Å²) >= 11 is 7.45. The smallest absolute Gasteiger partial charge is 0.230 e. The second kappa shape index (κ2) is 9.01. The zero-order valence-corrected chi connectivity index (χ0v) is 17.8. The van der Waals surface area contributed by atoms with E-state index in [4.69, 9.17) is 11.6 Å². The maximum absolute atomic E-state index is 12.4. The Labute approximate surface area is 179 Å². The Morgan fingerprint density at radius 3 is 2.66 bits per heavy atom. The number of hydrogen-bond donors (Lipinski definition) is 1. The van der Waals surface area contributed by atoms with Crippen molar-refractivity contribution in [3.05, 3.63) is 59.1 Å². The second-order valence-electron chi connectivity index (χ2n) is 7.33. The Morgan fingerprint density at radius 1 is 1.17 bits per heavy atom. The molecule has 1 saturated carbocycles. The number of benzene rings is 2. The van der Waals surface area contributed by atoms with Gasteiger partial charge in [0.1, 0.15) is 0 Å². The first kappa shape index (κ1) is 20.0. The summed E-state index contributed by atoms with van der Waals surface area (Å²) in [5, 5.41) is 13.3. The van der Waals surface area contributed by atoms with Crippen LogP contribution in [0.3, 0.4) is 0 Å². The van der Waals surface area contributed by atoms with Crippen LogP contribution in [0, 0.1) is 6.92 Å². The average Bonchev–Trinajstić information content (AvgIpc) is 3.37. The molecule has 0 spiro atoms. The number of halogens is 1. The van der Waals surface area contributed by atoms with Crippen molar-refractivity contribution in [2.24, 2.45) is 0 Å². The van der Waals surface area contributed by atoms with Gasteiger partial charge in [-0.2, -0.15) is 0 Å². The number of carbonyl (C=O) groups excluding carboxylic acids is 1. The van der Waals surface area contributed by atoms with Gasteiger partial charge >= 0.3 is 0 Å². The fourth-order valence-electron chi connectivity index (χ4n) is 3.62. The third-order valence-corrected chi connectivity index (χ3v) is 6.23. The van der Waals surface area contributed by atoms with E-state index >= 15 is 0 Å². The molecule has 1 aliphatic carbocycles. The third kappa shape index (κ3) is 4.82. The Morgan fingerprint density at radius 2 is 1.93 bits per heavy atom. The summed E-state index contributed by atoms with van der Waals surface area (Å²) in [6.07, 6.45) is 4.56. The number of hydrogen-bond acceptors (Lipinski definition) is 4. The molecule has 3 aromatic rings. The molecule has 0 radical (unpaired) electrons. The Hall–Kier alpha value is -2.31. The lowest BCUT2D eigenvalue weighted by Crippen LogP contribution is -2.33. The molecule has 2 aromatic carbocycles. The molecule has 4 rings (SSSR count). The van der Waals surface area contributed by atoms with Crippen LogP contribution in [-0.2, 0) is 4.79 Å². The highest BCUT2D eigenvalue weighted by molar-refractivity contribution is 7.99. The highest BCUT2D eigenvalue weighted by Crippen LogP contribution is 2.29. The molecule has 1 N–H and O–H groups in total. The Balaban J connectivity index is 1.61. The molecule has 1 amide bonds. The quantitative estimate of drug-likeness (QED) is 0.560. The zero-order valence-electron chi connectivity index (χ0n) is 16.3. The van der Waals surface area contributed by atoms with Crippen LogP contribution in [0.4, 0.5) is 0 Å². The topological polar surface area (TPSA) is 59.8 Å². The van der Waals surface area contributed by atoms with Crippen molar-refractivity contribution in [3.8, 4) is 17.1 Å². The summed E-state index contributed by atoms with van der Waals surface area (Å²) in [6.45, 7) is 2.05. The van der Waals surface area contributed by atoms with E-state index in [0.717, 1.165) is 35.5 Å². The van der Waals surface area contributed by atoms with E-state index in [9.17, 15) is 4.79 Å². The zero-order chi connectivity index (χ0) is 20.2. The molecule has 1 aromatic heterocycles. The van der Waals surface area contributed by atoms with E-state index in [1.165, 1.54) is 24.6 Å². The van der Waals surface area contributed by atoms with Crippen molar-refractivity contribution in [1.82, 2.24) is 20.1 Å². The molecule has 1 heterocycles. The van der Waals surface area contributed by atoms with Gasteiger partial charge in [-0.3, -0.25) is 9.36 Å². The van der Waals surface area contributed by atoms with Crippen LogP contribution in [0.1, 0.15) is 31.2 Å². The molecule has 0 bridgehead atoms. The van der Waals surface area contributed by atoms with Crippen LogP contribution < -0.4 is 5.32 Å². The van der Waals surface area contributed by atoms with Gasteiger partial charge in [-0.1, -0.05) is 48.3 Å². The Bertz CT molecular complexity index is 996. The number of aromatic nitrogens is 3. The summed E-state index contributed by atoms with van der Waals surface area (Å²) in [5.41, 5.74) is 3.04. The molecule has 29 heavy (non-hydrogen) atoms. The molecular weight excluding hydrogens is 404 g/mol. The first-order valence-corrected chi connectivity index (χ1v) is 11.2. The van der Waals surface area contributed by atoms with Gasteiger partial charge in [-0.15, -0.1) is 10.2 Å². The lowest BCUT2D eigenvalue weighted by molar-refractivity contribution is -0.119. The molecule has 0 aliphatic heterocycles. The fraction of sp³-hybridized carbons (Fsp3) is 0.318. The third-order valence-electron chi connectivity index (χ3n) is 5.05. The molecular formula is C22H23ClN4OS. The van der Waals surface area contributed by atoms with Crippen LogP contribution in [0.15, 0.2) is 53.7 Å². The maximum atomic E-state index is 12.4. The monoisotopic (exact) mass is 426 g/mol. The van der Waals surface area contributed by atoms with E-state index in [1.54, 1.807) is 0 Å². The number of carbonyl (C=O) groups is 1. The fourth-order valence-corrected chi connectivity index (χ4v) is 4.51. The highest BCUT2D eigenvalue weighted by Gasteiger charge is 2.20. The number of thioether (sulfide) groups is 1. The van der Waals surface area contributed by atoms with E-state index < -0.39 is 0 Å². The van der Waals surface area contributed by atoms with Crippen LogP contribution >= 0.6 is 23.4 Å². The van der Waals surface area contributed by atoms with Crippen molar-refractivity contribution < 1.29 is 4.79 Å². The van der Waals surface area contributed by atoms with Crippen LogP contribution in [0.5, 0.6) is 0 Å². The van der Waals surface area contributed by atoms with Crippen LogP contribution in [-0.4, -0.2) is 32.5 Å². The average molecular weight is 427 g/mol. The van der Waals surface area contributed by atoms with Crippen molar-refractivity contribution in [1.29, 1.82) is 0 Å². The van der Waals surface area contributed by atoms with Crippen molar-refractivity contribution in [2.45, 2.75) is 43.8 Å². The van der Waals surface area contributed by atoms with Gasteiger partial charge in [-0.05, 0) is 61.7 Å². The first-order chi connectivity index (χ1) is 14.1. The molecule has 0 unspecified atom stereocenters. The number of aryl methyl sites for hydroxylation is 1. The summed E-state index contributed by atoms with van der Waals surface area (Å²) in [7, 11) is 0. The van der Waals surface area contributed by atoms with Crippen molar-refractivity contribution >= 4 is 29.3 Å². The minimum Gasteiger partial charge on any atom is -0.353 e. The minimum absolute atomic E-state index is 0.0498. The molecule has 150 valence electrons. The van der Waals surface area contributed by atoms with Crippen molar-refractivity contribution in [3.63, 3.8) is 0 Å². The number of nitrogens with one attached hydrogen (secondary N) is 1. The van der Waals surface area contributed by atoms with E-state index in [1.807, 2.05) is 41.0 Å². The number of nitrogens with zero attached hydrogens (tertiary/aromatic N) is 3. The minimum atomic E-state index is 0.0498. The largest absolute Gasteiger partial charge is 0.353 e. The molecule has 1 fully saturated rings. The van der Waals surface area contributed by atoms with Crippen LogP contribution in [0.2, 0.25) is 5.02 Å². The predicted molar refractivity (Wildman–Crippen MR) is 118 cm³/mol. The van der Waals surface area contributed by atoms with E-state index in [0.29, 0.717) is 22.0 Å². The van der Waals surface area contributed by atoms with Gasteiger partial charge in [0.2, 0.25) is 5.91 Å². The molecule has 7 heteroatoms. The molecule has 5 nitrogen and oxygen atoms in total. The van der Waals surface area contributed by atoms with Crippen molar-refractivity contribution in [2.75, 3.05) is 5.75 Å². The molecule has 1 aliphatic rings. The molecule has 0 atom stereocenters. The van der Waals surface area contributed by atoms with Gasteiger partial charge in [0.25, 0.3) is 0 Å². The van der Waals surface area contributed by atoms with Gasteiger partial charge < -0.3 is 5.32 Å². The number of amides is 1. The van der Waals surface area contributed by atoms with Crippen LogP contribution in [0.25, 0.3) is 17.1 Å². The standard InChI is InChI=1S/C22H23ClN4OS/c1-15-5-4-8-19(13-15)27-21(16-9-11-17(23)12-10-16)25-26-22(27)29-14-20(28)24-18-6-2-3-7-18/h4-5,8-13,18H,2-3,6-7,14H2,1H3,(H,24,28). The predicted octanol–water partition coefficient (Wildman–Crippen LogP) is 5.05. The Kier molecular flexibility index (Phi) is 6.21. The highest BCUT2D eigenvalue weighted by atomic mass is 35.5. The first-order valence-electron chi connectivity index (χ1n) is 9.81. The van der Waals surface area contributed by atoms with Gasteiger partial charge in [0.15, 0.2) is 11.0 Å². The lowest BCUT2D eigenvalue weighted by atomic mass is 10.2. The summed E-state index contributed by atoms with van der Waals surface area (Å²) in [4.78, 5) is 12.4. The van der Waals surface area contributed by atoms with Gasteiger partial charge in [0, 0.05) is 22.3 Å². The number of rotatable bonds is 6. The SMILES string of the molecule is Cc1cccc(-n2c(SCC(=O)NC3CCCC3)nnc2-c2ccc(Cl)cc2)c1. The molecule has 0 saturated heterocycles. The maximum Gasteiger partial charge on any atom is 0.230 e. The lowest BCUT2D eigenvalue weighted by Gasteiger charge is -2.13. The second-order valence-corrected chi connectivity index (χ2v) is 8.70.